The molecule has 0 bridgehead atoms. The molecule has 1 amide bonds. The Hall–Kier alpha value is -2.83. The summed E-state index contributed by atoms with van der Waals surface area (Å²) in [6.45, 7) is 7.12. The van der Waals surface area contributed by atoms with Gasteiger partial charge in [-0.3, -0.25) is 9.59 Å². The summed E-state index contributed by atoms with van der Waals surface area (Å²) in [6, 6.07) is 9.40. The molecule has 1 heterocycles. The number of esters is 1. The molecule has 0 saturated heterocycles. The fourth-order valence-corrected chi connectivity index (χ4v) is 2.28. The molecule has 0 unspecified atom stereocenters. The first-order chi connectivity index (χ1) is 11.7. The fourth-order valence-electron chi connectivity index (χ4n) is 2.28. The lowest BCUT2D eigenvalue weighted by Crippen LogP contribution is -2.24. The number of hydrogen-bond acceptors (Lipinski definition) is 5. The number of nitrogen functional groups attached to an aromatic ring is 1. The molecule has 25 heavy (non-hydrogen) atoms. The van der Waals surface area contributed by atoms with Crippen LogP contribution < -0.4 is 11.1 Å². The van der Waals surface area contributed by atoms with Crippen LogP contribution in [0.4, 0.5) is 11.5 Å². The van der Waals surface area contributed by atoms with Crippen molar-refractivity contribution in [1.82, 2.24) is 9.78 Å². The van der Waals surface area contributed by atoms with Gasteiger partial charge in [0.15, 0.2) is 5.82 Å². The number of para-hydroxylation sites is 1. The van der Waals surface area contributed by atoms with Crippen molar-refractivity contribution in [2.75, 3.05) is 11.1 Å². The van der Waals surface area contributed by atoms with Crippen LogP contribution in [0.15, 0.2) is 30.3 Å². The van der Waals surface area contributed by atoms with Gasteiger partial charge in [0.25, 0.3) is 0 Å². The molecule has 0 aliphatic heterocycles. The van der Waals surface area contributed by atoms with Crippen LogP contribution in [0.5, 0.6) is 0 Å². The number of aromatic nitrogens is 2. The zero-order chi connectivity index (χ0) is 18.6. The van der Waals surface area contributed by atoms with E-state index in [0.717, 1.165) is 5.69 Å². The quantitative estimate of drug-likeness (QED) is 0.813. The zero-order valence-corrected chi connectivity index (χ0v) is 15.0. The lowest BCUT2D eigenvalue weighted by Gasteiger charge is -2.19. The lowest BCUT2D eigenvalue weighted by atomic mass is 10.2. The maximum Gasteiger partial charge on any atom is 0.306 e. The molecule has 134 valence electrons. The average Bonchev–Trinajstić information content (AvgIpc) is 2.80. The summed E-state index contributed by atoms with van der Waals surface area (Å²) >= 11 is 0. The van der Waals surface area contributed by atoms with Gasteiger partial charge in [0.05, 0.1) is 17.8 Å². The number of nitrogens with zero attached hydrogens (tertiary/aromatic N) is 2. The van der Waals surface area contributed by atoms with E-state index in [1.807, 2.05) is 30.3 Å². The molecule has 0 aliphatic carbocycles. The monoisotopic (exact) mass is 344 g/mol. The van der Waals surface area contributed by atoms with Gasteiger partial charge in [-0.2, -0.15) is 5.10 Å². The Balaban J connectivity index is 2.02. The molecule has 0 saturated carbocycles. The van der Waals surface area contributed by atoms with Gasteiger partial charge in [-0.1, -0.05) is 18.2 Å². The second-order valence-corrected chi connectivity index (χ2v) is 6.73. The Morgan fingerprint density at radius 2 is 1.84 bits per heavy atom. The molecule has 7 heteroatoms. The molecular weight excluding hydrogens is 320 g/mol. The third-order valence-electron chi connectivity index (χ3n) is 3.34. The third kappa shape index (κ3) is 5.07. The van der Waals surface area contributed by atoms with Gasteiger partial charge < -0.3 is 15.8 Å². The van der Waals surface area contributed by atoms with Gasteiger partial charge in [-0.15, -0.1) is 0 Å². The highest BCUT2D eigenvalue weighted by Crippen LogP contribution is 2.26. The smallest absolute Gasteiger partial charge is 0.306 e. The topological polar surface area (TPSA) is 99.2 Å². The summed E-state index contributed by atoms with van der Waals surface area (Å²) in [4.78, 5) is 23.8. The van der Waals surface area contributed by atoms with E-state index in [-0.39, 0.29) is 18.7 Å². The second kappa shape index (κ2) is 7.38. The van der Waals surface area contributed by atoms with Gasteiger partial charge in [0.2, 0.25) is 5.91 Å². The Labute approximate surface area is 147 Å². The Kier molecular flexibility index (Phi) is 5.46. The number of nitrogens with one attached hydrogen (secondary N) is 1. The number of ether oxygens (including phenoxy) is 1. The van der Waals surface area contributed by atoms with Gasteiger partial charge in [0.1, 0.15) is 11.3 Å². The number of amides is 1. The van der Waals surface area contributed by atoms with Crippen molar-refractivity contribution in [3.63, 3.8) is 0 Å². The first-order valence-electron chi connectivity index (χ1n) is 8.09. The average molecular weight is 344 g/mol. The Morgan fingerprint density at radius 3 is 2.44 bits per heavy atom. The Bertz CT molecular complexity index is 761. The highest BCUT2D eigenvalue weighted by Gasteiger charge is 2.19. The van der Waals surface area contributed by atoms with Crippen molar-refractivity contribution in [3.05, 3.63) is 36.0 Å². The summed E-state index contributed by atoms with van der Waals surface area (Å²) in [5.41, 5.74) is 7.42. The summed E-state index contributed by atoms with van der Waals surface area (Å²) in [5, 5.41) is 7.09. The number of anilines is 2. The summed E-state index contributed by atoms with van der Waals surface area (Å²) in [5.74, 6) is -0.380. The molecule has 0 fully saturated rings. The van der Waals surface area contributed by atoms with Gasteiger partial charge in [0, 0.05) is 6.42 Å². The number of benzene rings is 1. The van der Waals surface area contributed by atoms with Crippen LogP contribution in [0.25, 0.3) is 5.69 Å². The summed E-state index contributed by atoms with van der Waals surface area (Å²) < 4.78 is 6.76. The first kappa shape index (κ1) is 18.5. The molecule has 3 N–H and O–H groups in total. The van der Waals surface area contributed by atoms with E-state index in [1.165, 1.54) is 0 Å². The zero-order valence-electron chi connectivity index (χ0n) is 15.0. The summed E-state index contributed by atoms with van der Waals surface area (Å²) in [7, 11) is 0. The second-order valence-electron chi connectivity index (χ2n) is 6.73. The third-order valence-corrected chi connectivity index (χ3v) is 3.34. The molecule has 1 aromatic heterocycles. The minimum Gasteiger partial charge on any atom is -0.460 e. The van der Waals surface area contributed by atoms with Crippen LogP contribution in [0.1, 0.15) is 39.3 Å². The molecule has 2 aromatic rings. The standard InChI is InChI=1S/C18H24N4O3/c1-12-16(17(19)22(21-12)13-8-6-5-7-9-13)20-14(23)10-11-15(24)25-18(2,3)4/h5-9H,10-11,19H2,1-4H3,(H,20,23). The SMILES string of the molecule is Cc1nn(-c2ccccc2)c(N)c1NC(=O)CCC(=O)OC(C)(C)C. The van der Waals surface area contributed by atoms with E-state index in [1.54, 1.807) is 32.4 Å². The maximum atomic E-state index is 12.1. The predicted octanol–water partition coefficient (Wildman–Crippen LogP) is 2.82. The van der Waals surface area contributed by atoms with E-state index >= 15 is 0 Å². The predicted molar refractivity (Wildman–Crippen MR) is 96.4 cm³/mol. The molecule has 0 aliphatic rings. The Morgan fingerprint density at radius 1 is 1.20 bits per heavy atom. The maximum absolute atomic E-state index is 12.1. The molecular formula is C18H24N4O3. The van der Waals surface area contributed by atoms with E-state index in [9.17, 15) is 9.59 Å². The highest BCUT2D eigenvalue weighted by atomic mass is 16.6. The van der Waals surface area contributed by atoms with Crippen molar-refractivity contribution < 1.29 is 14.3 Å². The largest absolute Gasteiger partial charge is 0.460 e. The van der Waals surface area contributed by atoms with Gasteiger partial charge in [-0.05, 0) is 39.8 Å². The lowest BCUT2D eigenvalue weighted by molar-refractivity contribution is -0.155. The number of nitrogens with two attached hydrogens (primary N) is 1. The van der Waals surface area contributed by atoms with Crippen LogP contribution in [0.3, 0.4) is 0 Å². The van der Waals surface area contributed by atoms with Crippen LogP contribution in [-0.2, 0) is 14.3 Å². The number of hydrogen-bond donors (Lipinski definition) is 2. The van der Waals surface area contributed by atoms with E-state index in [0.29, 0.717) is 17.2 Å². The number of carbonyl (C=O) groups excluding carboxylic acids is 2. The number of aryl methyl sites for hydroxylation is 1. The van der Waals surface area contributed by atoms with E-state index in [4.69, 9.17) is 10.5 Å². The minimum absolute atomic E-state index is 0.00881. The van der Waals surface area contributed by atoms with E-state index in [2.05, 4.69) is 10.4 Å². The van der Waals surface area contributed by atoms with E-state index < -0.39 is 11.6 Å². The molecule has 7 nitrogen and oxygen atoms in total. The molecule has 0 atom stereocenters. The van der Waals surface area contributed by atoms with Gasteiger partial charge >= 0.3 is 5.97 Å². The van der Waals surface area contributed by atoms with Crippen molar-refractivity contribution >= 4 is 23.4 Å². The van der Waals surface area contributed by atoms with Crippen LogP contribution in [-0.4, -0.2) is 27.3 Å². The number of rotatable bonds is 5. The van der Waals surface area contributed by atoms with Crippen LogP contribution in [0, 0.1) is 6.92 Å². The highest BCUT2D eigenvalue weighted by molar-refractivity contribution is 5.95. The molecule has 0 spiro atoms. The van der Waals surface area contributed by atoms with Crippen LogP contribution >= 0.6 is 0 Å². The van der Waals surface area contributed by atoms with Crippen molar-refractivity contribution in [2.45, 2.75) is 46.1 Å². The molecule has 0 radical (unpaired) electrons. The van der Waals surface area contributed by atoms with Crippen molar-refractivity contribution in [1.29, 1.82) is 0 Å². The molecule has 1 aromatic carbocycles. The first-order valence-corrected chi connectivity index (χ1v) is 8.09. The minimum atomic E-state index is -0.564. The van der Waals surface area contributed by atoms with Crippen molar-refractivity contribution in [2.24, 2.45) is 0 Å². The fraction of sp³-hybridized carbons (Fsp3) is 0.389. The van der Waals surface area contributed by atoms with Crippen LogP contribution in [0.2, 0.25) is 0 Å². The van der Waals surface area contributed by atoms with Gasteiger partial charge in [-0.25, -0.2) is 4.68 Å². The van der Waals surface area contributed by atoms with Crippen molar-refractivity contribution in [3.8, 4) is 5.69 Å². The normalized spacial score (nSPS) is 11.2. The molecule has 2 rings (SSSR count). The number of carbonyl (C=O) groups is 2. The summed E-state index contributed by atoms with van der Waals surface area (Å²) in [6.07, 6.45) is 0.0270.